The van der Waals surface area contributed by atoms with Crippen LogP contribution < -0.4 is 5.32 Å². The molecule has 0 bridgehead atoms. The minimum absolute atomic E-state index is 0.0950. The normalized spacial score (nSPS) is 12.0. The van der Waals surface area contributed by atoms with Gasteiger partial charge < -0.3 is 19.5 Å². The van der Waals surface area contributed by atoms with Crippen LogP contribution in [0, 0.1) is 0 Å². The van der Waals surface area contributed by atoms with E-state index in [-0.39, 0.29) is 5.54 Å². The van der Waals surface area contributed by atoms with Crippen molar-refractivity contribution in [3.63, 3.8) is 0 Å². The summed E-state index contributed by atoms with van der Waals surface area (Å²) in [6.45, 7) is 9.80. The highest BCUT2D eigenvalue weighted by molar-refractivity contribution is 7.11. The number of rotatable bonds is 10. The molecule has 0 fully saturated rings. The van der Waals surface area contributed by atoms with Gasteiger partial charge in [-0.15, -0.1) is 11.3 Å². The highest BCUT2D eigenvalue weighted by atomic mass is 32.1. The van der Waals surface area contributed by atoms with E-state index < -0.39 is 0 Å². The first kappa shape index (κ1) is 18.5. The second-order valence-corrected chi connectivity index (χ2v) is 7.04. The molecule has 1 aromatic rings. The molecule has 0 unspecified atom stereocenters. The van der Waals surface area contributed by atoms with Gasteiger partial charge in [-0.3, -0.25) is 0 Å². The maximum absolute atomic E-state index is 5.50. The van der Waals surface area contributed by atoms with Crippen molar-refractivity contribution in [3.8, 4) is 0 Å². The standard InChI is InChI=1S/C15H28N2O3S/c1-15(2,3)16-10-13-12(11-19-5)17-14(21-13)6-7-20-9-8-18-4/h16H,6-11H2,1-5H3. The Morgan fingerprint density at radius 1 is 1.10 bits per heavy atom. The molecule has 122 valence electrons. The third-order valence-corrected chi connectivity index (χ3v) is 3.93. The second kappa shape index (κ2) is 9.48. The topological polar surface area (TPSA) is 52.6 Å². The molecular formula is C15H28N2O3S. The van der Waals surface area contributed by atoms with Gasteiger partial charge in [0.15, 0.2) is 0 Å². The van der Waals surface area contributed by atoms with Crippen molar-refractivity contribution in [1.29, 1.82) is 0 Å². The Morgan fingerprint density at radius 3 is 2.48 bits per heavy atom. The average Bonchev–Trinajstić information content (AvgIpc) is 2.78. The maximum Gasteiger partial charge on any atom is 0.0955 e. The van der Waals surface area contributed by atoms with Gasteiger partial charge in [0.25, 0.3) is 0 Å². The molecule has 0 aromatic carbocycles. The lowest BCUT2D eigenvalue weighted by molar-refractivity contribution is 0.0722. The van der Waals surface area contributed by atoms with Crippen LogP contribution in [0.5, 0.6) is 0 Å². The number of ether oxygens (including phenoxy) is 3. The van der Waals surface area contributed by atoms with Gasteiger partial charge in [0.05, 0.1) is 37.1 Å². The van der Waals surface area contributed by atoms with Crippen molar-refractivity contribution in [2.45, 2.75) is 45.9 Å². The number of methoxy groups -OCH3 is 2. The summed E-state index contributed by atoms with van der Waals surface area (Å²) < 4.78 is 15.7. The molecule has 0 radical (unpaired) electrons. The van der Waals surface area contributed by atoms with Crippen LogP contribution in [0.1, 0.15) is 36.3 Å². The van der Waals surface area contributed by atoms with Crippen molar-refractivity contribution in [1.82, 2.24) is 10.3 Å². The molecule has 1 N–H and O–H groups in total. The molecule has 1 rings (SSSR count). The molecule has 6 heteroatoms. The fourth-order valence-electron chi connectivity index (χ4n) is 1.68. The number of hydrogen-bond acceptors (Lipinski definition) is 6. The first-order valence-electron chi connectivity index (χ1n) is 7.24. The number of thiazole rings is 1. The van der Waals surface area contributed by atoms with E-state index in [2.05, 4.69) is 31.1 Å². The van der Waals surface area contributed by atoms with Crippen molar-refractivity contribution in [2.24, 2.45) is 0 Å². The van der Waals surface area contributed by atoms with Crippen LogP contribution >= 0.6 is 11.3 Å². The lowest BCUT2D eigenvalue weighted by Gasteiger charge is -2.20. The zero-order valence-corrected chi connectivity index (χ0v) is 14.6. The van der Waals surface area contributed by atoms with E-state index in [9.17, 15) is 0 Å². The van der Waals surface area contributed by atoms with Gasteiger partial charge >= 0.3 is 0 Å². The highest BCUT2D eigenvalue weighted by Gasteiger charge is 2.14. The van der Waals surface area contributed by atoms with E-state index in [0.717, 1.165) is 23.7 Å². The van der Waals surface area contributed by atoms with Gasteiger partial charge in [-0.2, -0.15) is 0 Å². The third-order valence-electron chi connectivity index (χ3n) is 2.77. The van der Waals surface area contributed by atoms with Crippen LogP contribution in [0.4, 0.5) is 0 Å². The van der Waals surface area contributed by atoms with Gasteiger partial charge in [-0.05, 0) is 20.8 Å². The first-order chi connectivity index (χ1) is 9.96. The molecule has 0 saturated heterocycles. The summed E-state index contributed by atoms with van der Waals surface area (Å²) in [6, 6.07) is 0. The van der Waals surface area contributed by atoms with Crippen molar-refractivity contribution in [3.05, 3.63) is 15.6 Å². The van der Waals surface area contributed by atoms with Crippen LogP contribution in [0.15, 0.2) is 0 Å². The summed E-state index contributed by atoms with van der Waals surface area (Å²) in [6.07, 6.45) is 0.834. The Bertz CT molecular complexity index is 402. The SMILES string of the molecule is COCCOCCc1nc(COC)c(CNC(C)(C)C)s1. The Balaban J connectivity index is 2.53. The fraction of sp³-hybridized carbons (Fsp3) is 0.800. The lowest BCUT2D eigenvalue weighted by atomic mass is 10.1. The summed E-state index contributed by atoms with van der Waals surface area (Å²) in [5, 5.41) is 4.60. The van der Waals surface area contributed by atoms with Crippen molar-refractivity contribution in [2.75, 3.05) is 34.0 Å². The number of hydrogen-bond donors (Lipinski definition) is 1. The molecule has 0 spiro atoms. The average molecular weight is 316 g/mol. The largest absolute Gasteiger partial charge is 0.382 e. The van der Waals surface area contributed by atoms with Crippen molar-refractivity contribution >= 4 is 11.3 Å². The Morgan fingerprint density at radius 2 is 1.86 bits per heavy atom. The number of nitrogens with zero attached hydrogens (tertiary/aromatic N) is 1. The smallest absolute Gasteiger partial charge is 0.0955 e. The summed E-state index contributed by atoms with van der Waals surface area (Å²) >= 11 is 1.74. The van der Waals surface area contributed by atoms with E-state index in [0.29, 0.717) is 26.4 Å². The lowest BCUT2D eigenvalue weighted by Crippen LogP contribution is -2.35. The highest BCUT2D eigenvalue weighted by Crippen LogP contribution is 2.21. The van der Waals surface area contributed by atoms with Crippen LogP contribution in [0.3, 0.4) is 0 Å². The molecule has 5 nitrogen and oxygen atoms in total. The molecule has 0 amide bonds. The van der Waals surface area contributed by atoms with Crippen molar-refractivity contribution < 1.29 is 14.2 Å². The predicted molar refractivity (Wildman–Crippen MR) is 85.8 cm³/mol. The predicted octanol–water partition coefficient (Wildman–Crippen LogP) is 2.38. The van der Waals surface area contributed by atoms with Gasteiger partial charge in [0, 0.05) is 37.6 Å². The van der Waals surface area contributed by atoms with E-state index in [1.54, 1.807) is 25.6 Å². The monoisotopic (exact) mass is 316 g/mol. The molecule has 0 aliphatic rings. The quantitative estimate of drug-likeness (QED) is 0.672. The molecule has 0 aliphatic heterocycles. The second-order valence-electron chi connectivity index (χ2n) is 5.87. The Labute approximate surface area is 132 Å². The molecule has 21 heavy (non-hydrogen) atoms. The zero-order chi connectivity index (χ0) is 15.7. The minimum atomic E-state index is 0.0950. The molecule has 1 aromatic heterocycles. The maximum atomic E-state index is 5.50. The number of nitrogens with one attached hydrogen (secondary N) is 1. The fourth-order valence-corrected chi connectivity index (χ4v) is 2.67. The molecule has 0 saturated carbocycles. The summed E-state index contributed by atoms with van der Waals surface area (Å²) in [7, 11) is 3.38. The Hall–Kier alpha value is -0.530. The van der Waals surface area contributed by atoms with Crippen LogP contribution in [-0.2, 0) is 33.8 Å². The molecule has 0 atom stereocenters. The molecule has 0 aliphatic carbocycles. The van der Waals surface area contributed by atoms with Crippen LogP contribution in [0.25, 0.3) is 0 Å². The summed E-state index contributed by atoms with van der Waals surface area (Å²) in [5.41, 5.74) is 1.13. The van der Waals surface area contributed by atoms with E-state index >= 15 is 0 Å². The summed E-state index contributed by atoms with van der Waals surface area (Å²) in [5.74, 6) is 0. The first-order valence-corrected chi connectivity index (χ1v) is 8.06. The van der Waals surface area contributed by atoms with E-state index in [1.165, 1.54) is 4.88 Å². The zero-order valence-electron chi connectivity index (χ0n) is 13.8. The third kappa shape index (κ3) is 7.87. The number of aromatic nitrogens is 1. The van der Waals surface area contributed by atoms with E-state index in [1.807, 2.05) is 0 Å². The van der Waals surface area contributed by atoms with Crippen LogP contribution in [-0.4, -0.2) is 44.6 Å². The molecule has 1 heterocycles. The van der Waals surface area contributed by atoms with Crippen LogP contribution in [0.2, 0.25) is 0 Å². The van der Waals surface area contributed by atoms with Gasteiger partial charge in [0.1, 0.15) is 0 Å². The van der Waals surface area contributed by atoms with Gasteiger partial charge in [-0.1, -0.05) is 0 Å². The minimum Gasteiger partial charge on any atom is -0.382 e. The Kier molecular flexibility index (Phi) is 8.36. The summed E-state index contributed by atoms with van der Waals surface area (Å²) in [4.78, 5) is 5.91. The van der Waals surface area contributed by atoms with Gasteiger partial charge in [0.2, 0.25) is 0 Å². The van der Waals surface area contributed by atoms with E-state index in [4.69, 9.17) is 14.2 Å². The molecular weight excluding hydrogens is 288 g/mol. The van der Waals surface area contributed by atoms with Gasteiger partial charge in [-0.25, -0.2) is 4.98 Å².